The molecule has 0 aliphatic carbocycles. The molecule has 0 saturated carbocycles. The molecule has 1 aromatic rings. The minimum absolute atomic E-state index is 0.151. The molecule has 0 amide bonds. The van der Waals surface area contributed by atoms with Gasteiger partial charge in [0.2, 0.25) is 0 Å². The largest absolute Gasteiger partial charge is 0.489 e. The van der Waals surface area contributed by atoms with E-state index in [0.29, 0.717) is 40.0 Å². The van der Waals surface area contributed by atoms with Crippen molar-refractivity contribution in [2.45, 2.75) is 13.0 Å². The Hall–Kier alpha value is -1.79. The van der Waals surface area contributed by atoms with Crippen molar-refractivity contribution in [3.05, 3.63) is 34.4 Å². The molecule has 5 nitrogen and oxygen atoms in total. The van der Waals surface area contributed by atoms with Crippen LogP contribution in [0.4, 0.5) is 10.1 Å². The zero-order valence-corrected chi connectivity index (χ0v) is 14.8. The first-order chi connectivity index (χ1) is 11.4. The highest BCUT2D eigenvalue weighted by Gasteiger charge is 2.40. The van der Waals surface area contributed by atoms with Crippen LogP contribution in [0.15, 0.2) is 17.4 Å². The van der Waals surface area contributed by atoms with Crippen LogP contribution in [-0.4, -0.2) is 62.0 Å². The number of piperazine rings is 1. The maximum absolute atomic E-state index is 15.0. The van der Waals surface area contributed by atoms with Crippen LogP contribution in [0, 0.1) is 12.7 Å². The molecule has 1 saturated heterocycles. The second-order valence-electron chi connectivity index (χ2n) is 6.64. The molecule has 128 valence electrons. The molecule has 0 bridgehead atoms. The molecule has 0 radical (unpaired) electrons. The summed E-state index contributed by atoms with van der Waals surface area (Å²) in [5.74, 6) is 1.43. The van der Waals surface area contributed by atoms with Gasteiger partial charge in [0.25, 0.3) is 0 Å². The van der Waals surface area contributed by atoms with Crippen LogP contribution in [0.3, 0.4) is 0 Å². The maximum Gasteiger partial charge on any atom is 0.152 e. The third kappa shape index (κ3) is 2.06. The Kier molecular flexibility index (Phi) is 3.51. The van der Waals surface area contributed by atoms with Crippen molar-refractivity contribution in [2.75, 3.05) is 45.2 Å². The van der Waals surface area contributed by atoms with E-state index < -0.39 is 0 Å². The Balaban J connectivity index is 1.98. The van der Waals surface area contributed by atoms with Gasteiger partial charge in [0.05, 0.1) is 22.3 Å². The normalized spacial score (nSPS) is 23.3. The number of anilines is 1. The third-order valence-electron chi connectivity index (χ3n) is 5.09. The number of aliphatic imine (C=N–C) groups is 1. The Morgan fingerprint density at radius 2 is 2.08 bits per heavy atom. The highest BCUT2D eigenvalue weighted by Crippen LogP contribution is 2.46. The molecule has 0 spiro atoms. The van der Waals surface area contributed by atoms with E-state index in [1.165, 1.54) is 0 Å². The van der Waals surface area contributed by atoms with Crippen molar-refractivity contribution in [2.24, 2.45) is 4.99 Å². The predicted molar refractivity (Wildman–Crippen MR) is 93.7 cm³/mol. The summed E-state index contributed by atoms with van der Waals surface area (Å²) in [6.45, 7) is 8.75. The van der Waals surface area contributed by atoms with E-state index in [-0.39, 0.29) is 11.9 Å². The van der Waals surface area contributed by atoms with Crippen molar-refractivity contribution in [3.63, 3.8) is 0 Å². The minimum atomic E-state index is -0.342. The highest BCUT2D eigenvalue weighted by atomic mass is 35.5. The fourth-order valence-corrected chi connectivity index (χ4v) is 3.86. The zero-order valence-electron chi connectivity index (χ0n) is 14.1. The van der Waals surface area contributed by atoms with Gasteiger partial charge in [-0.15, -0.1) is 0 Å². The van der Waals surface area contributed by atoms with Crippen LogP contribution in [0.25, 0.3) is 0 Å². The molecule has 3 aliphatic rings. The van der Waals surface area contributed by atoms with Gasteiger partial charge in [-0.1, -0.05) is 18.2 Å². The van der Waals surface area contributed by atoms with Crippen molar-refractivity contribution in [1.82, 2.24) is 9.80 Å². The SMILES string of the molecule is C=C1N=C2c3c(c(Cl)c(C)c(F)c3N1C)OCC1CN(C)CCN21. The summed E-state index contributed by atoms with van der Waals surface area (Å²) in [7, 11) is 3.86. The Morgan fingerprint density at radius 3 is 2.83 bits per heavy atom. The standard InChI is InChI=1S/C17H20ClFN4O/c1-9-13(18)16-12-15(14(9)19)22(4)10(2)20-17(12)23-6-5-21(3)7-11(23)8-24-16/h11H,2,5-8H2,1,3-4H3. The van der Waals surface area contributed by atoms with Gasteiger partial charge in [-0.25, -0.2) is 9.38 Å². The van der Waals surface area contributed by atoms with Gasteiger partial charge in [-0.05, 0) is 14.0 Å². The minimum Gasteiger partial charge on any atom is -0.489 e. The van der Waals surface area contributed by atoms with Gasteiger partial charge >= 0.3 is 0 Å². The number of hydrogen-bond acceptors (Lipinski definition) is 5. The first kappa shape index (κ1) is 15.7. The van der Waals surface area contributed by atoms with Crippen LogP contribution in [0.5, 0.6) is 5.75 Å². The van der Waals surface area contributed by atoms with Crippen molar-refractivity contribution in [1.29, 1.82) is 0 Å². The maximum atomic E-state index is 15.0. The smallest absolute Gasteiger partial charge is 0.152 e. The van der Waals surface area contributed by atoms with E-state index in [1.807, 2.05) is 0 Å². The lowest BCUT2D eigenvalue weighted by Crippen LogP contribution is -2.56. The monoisotopic (exact) mass is 350 g/mol. The van der Waals surface area contributed by atoms with Gasteiger partial charge in [0.15, 0.2) is 11.6 Å². The molecule has 4 rings (SSSR count). The summed E-state index contributed by atoms with van der Waals surface area (Å²) < 4.78 is 21.1. The highest BCUT2D eigenvalue weighted by molar-refractivity contribution is 6.34. The van der Waals surface area contributed by atoms with E-state index in [9.17, 15) is 4.39 Å². The van der Waals surface area contributed by atoms with Gasteiger partial charge in [0.1, 0.15) is 18.3 Å². The van der Waals surface area contributed by atoms with Crippen LogP contribution in [0.2, 0.25) is 5.02 Å². The summed E-state index contributed by atoms with van der Waals surface area (Å²) in [6, 6.07) is 0.151. The number of rotatable bonds is 0. The summed E-state index contributed by atoms with van der Waals surface area (Å²) in [5, 5.41) is 0.327. The molecule has 3 aliphatic heterocycles. The van der Waals surface area contributed by atoms with E-state index in [0.717, 1.165) is 25.5 Å². The molecule has 0 aromatic heterocycles. The van der Waals surface area contributed by atoms with Crippen LogP contribution in [0.1, 0.15) is 11.1 Å². The van der Waals surface area contributed by atoms with E-state index in [1.54, 1.807) is 18.9 Å². The average Bonchev–Trinajstić information content (AvgIpc) is 2.70. The quantitative estimate of drug-likeness (QED) is 0.719. The van der Waals surface area contributed by atoms with E-state index >= 15 is 0 Å². The number of nitrogens with zero attached hydrogens (tertiary/aromatic N) is 4. The van der Waals surface area contributed by atoms with E-state index in [4.69, 9.17) is 16.3 Å². The second-order valence-corrected chi connectivity index (χ2v) is 7.01. The number of benzene rings is 1. The molecular weight excluding hydrogens is 331 g/mol. The predicted octanol–water partition coefficient (Wildman–Crippen LogP) is 2.46. The number of likely N-dealkylation sites (N-methyl/N-ethyl adjacent to an activating group) is 1. The molecule has 3 heterocycles. The molecule has 1 aromatic carbocycles. The zero-order chi connectivity index (χ0) is 17.2. The molecule has 0 N–H and O–H groups in total. The number of hydrogen-bond donors (Lipinski definition) is 0. The first-order valence-corrected chi connectivity index (χ1v) is 8.39. The lowest BCUT2D eigenvalue weighted by atomic mass is 10.0. The van der Waals surface area contributed by atoms with Crippen molar-refractivity contribution in [3.8, 4) is 5.75 Å². The van der Waals surface area contributed by atoms with Crippen LogP contribution >= 0.6 is 11.6 Å². The van der Waals surface area contributed by atoms with Gasteiger partial charge in [-0.2, -0.15) is 0 Å². The molecular formula is C17H20ClFN4O. The molecule has 24 heavy (non-hydrogen) atoms. The molecule has 1 atom stereocenters. The number of ether oxygens (including phenoxy) is 1. The first-order valence-electron chi connectivity index (χ1n) is 8.01. The Bertz CT molecular complexity index is 779. The number of amidine groups is 1. The number of halogens is 2. The summed E-state index contributed by atoms with van der Waals surface area (Å²) in [6.07, 6.45) is 0. The van der Waals surface area contributed by atoms with Crippen LogP contribution < -0.4 is 9.64 Å². The molecule has 1 fully saturated rings. The average molecular weight is 351 g/mol. The van der Waals surface area contributed by atoms with Crippen LogP contribution in [-0.2, 0) is 0 Å². The van der Waals surface area contributed by atoms with Gasteiger partial charge in [0, 0.05) is 32.2 Å². The van der Waals surface area contributed by atoms with E-state index in [2.05, 4.69) is 28.4 Å². The topological polar surface area (TPSA) is 31.3 Å². The molecule has 7 heteroatoms. The molecule has 1 unspecified atom stereocenters. The fraction of sp³-hybridized carbons (Fsp3) is 0.471. The summed E-state index contributed by atoms with van der Waals surface area (Å²) in [4.78, 5) is 10.8. The van der Waals surface area contributed by atoms with Gasteiger partial charge < -0.3 is 19.4 Å². The summed E-state index contributed by atoms with van der Waals surface area (Å²) in [5.41, 5.74) is 1.48. The fourth-order valence-electron chi connectivity index (χ4n) is 3.63. The lowest BCUT2D eigenvalue weighted by molar-refractivity contribution is 0.114. The van der Waals surface area contributed by atoms with Crippen molar-refractivity contribution < 1.29 is 9.13 Å². The Morgan fingerprint density at radius 1 is 1.33 bits per heavy atom. The lowest BCUT2D eigenvalue weighted by Gasteiger charge is -2.41. The Labute approximate surface area is 145 Å². The second kappa shape index (κ2) is 5.36. The number of fused-ring (bicyclic) bond motifs is 2. The van der Waals surface area contributed by atoms with Crippen molar-refractivity contribution >= 4 is 23.1 Å². The van der Waals surface area contributed by atoms with Gasteiger partial charge in [-0.3, -0.25) is 0 Å². The summed E-state index contributed by atoms with van der Waals surface area (Å²) >= 11 is 6.43. The third-order valence-corrected chi connectivity index (χ3v) is 5.54.